The van der Waals surface area contributed by atoms with Gasteiger partial charge >= 0.3 is 0 Å². The fourth-order valence-electron chi connectivity index (χ4n) is 1.92. The molecular weight excluding hydrogens is 208 g/mol. The molecule has 94 valence electrons. The standard InChI is InChI=1S/C11H22N2O3/c1-7-5-13(6-8(2)16-7)11(14)10(12)9(3)15-4/h7-10H,5-6,12H2,1-4H3/t7?,8?,9-,10+/m1/s1. The quantitative estimate of drug-likeness (QED) is 0.740. The first kappa shape index (κ1) is 13.4. The number of carbonyl (C=O) groups excluding carboxylic acids is 1. The lowest BCUT2D eigenvalue weighted by atomic mass is 10.1. The number of methoxy groups -OCH3 is 1. The molecule has 1 aliphatic rings. The summed E-state index contributed by atoms with van der Waals surface area (Å²) in [5.74, 6) is -0.0589. The number of morpholine rings is 1. The molecule has 1 amide bonds. The van der Waals surface area contributed by atoms with Gasteiger partial charge in [0, 0.05) is 20.2 Å². The number of nitrogens with zero attached hydrogens (tertiary/aromatic N) is 1. The Morgan fingerprint density at radius 3 is 2.38 bits per heavy atom. The Hall–Kier alpha value is -0.650. The van der Waals surface area contributed by atoms with E-state index >= 15 is 0 Å². The van der Waals surface area contributed by atoms with Crippen LogP contribution in [-0.2, 0) is 14.3 Å². The third-order valence-electron chi connectivity index (χ3n) is 2.89. The highest BCUT2D eigenvalue weighted by Crippen LogP contribution is 2.12. The van der Waals surface area contributed by atoms with Crippen molar-refractivity contribution in [1.29, 1.82) is 0 Å². The lowest BCUT2D eigenvalue weighted by Crippen LogP contribution is -2.56. The largest absolute Gasteiger partial charge is 0.380 e. The van der Waals surface area contributed by atoms with Crippen LogP contribution in [0.3, 0.4) is 0 Å². The van der Waals surface area contributed by atoms with Gasteiger partial charge in [0.15, 0.2) is 0 Å². The van der Waals surface area contributed by atoms with Gasteiger partial charge in [0.05, 0.1) is 18.3 Å². The zero-order valence-corrected chi connectivity index (χ0v) is 10.5. The molecule has 0 bridgehead atoms. The van der Waals surface area contributed by atoms with Gasteiger partial charge in [-0.05, 0) is 20.8 Å². The number of hydrogen-bond acceptors (Lipinski definition) is 4. The minimum atomic E-state index is -0.595. The van der Waals surface area contributed by atoms with E-state index in [1.54, 1.807) is 18.9 Å². The van der Waals surface area contributed by atoms with Gasteiger partial charge in [-0.2, -0.15) is 0 Å². The summed E-state index contributed by atoms with van der Waals surface area (Å²) >= 11 is 0. The Kier molecular flexibility index (Phi) is 4.70. The molecule has 16 heavy (non-hydrogen) atoms. The van der Waals surface area contributed by atoms with Crippen LogP contribution in [-0.4, -0.2) is 55.4 Å². The van der Waals surface area contributed by atoms with Gasteiger partial charge in [-0.3, -0.25) is 4.79 Å². The Labute approximate surface area is 96.9 Å². The van der Waals surface area contributed by atoms with E-state index in [4.69, 9.17) is 15.2 Å². The lowest BCUT2D eigenvalue weighted by Gasteiger charge is -2.37. The molecule has 1 heterocycles. The van der Waals surface area contributed by atoms with E-state index in [0.29, 0.717) is 13.1 Å². The summed E-state index contributed by atoms with van der Waals surface area (Å²) < 4.78 is 10.6. The molecule has 2 unspecified atom stereocenters. The van der Waals surface area contributed by atoms with Crippen LogP contribution in [0.25, 0.3) is 0 Å². The second kappa shape index (κ2) is 5.61. The third kappa shape index (κ3) is 3.17. The number of rotatable bonds is 3. The average molecular weight is 230 g/mol. The molecule has 1 aliphatic heterocycles. The molecule has 0 aromatic carbocycles. The van der Waals surface area contributed by atoms with Gasteiger partial charge in [-0.15, -0.1) is 0 Å². The first-order valence-corrected chi connectivity index (χ1v) is 5.68. The molecule has 0 aromatic rings. The SMILES string of the molecule is CO[C@H](C)[C@H](N)C(=O)N1CC(C)OC(C)C1. The molecule has 5 nitrogen and oxygen atoms in total. The van der Waals surface area contributed by atoms with Crippen LogP contribution >= 0.6 is 0 Å². The number of carbonyl (C=O) groups is 1. The van der Waals surface area contributed by atoms with Crippen molar-refractivity contribution in [2.75, 3.05) is 20.2 Å². The lowest BCUT2D eigenvalue weighted by molar-refractivity contribution is -0.147. The van der Waals surface area contributed by atoms with Crippen LogP contribution in [0, 0.1) is 0 Å². The van der Waals surface area contributed by atoms with Crippen molar-refractivity contribution in [3.05, 3.63) is 0 Å². The summed E-state index contributed by atoms with van der Waals surface area (Å²) in [6.45, 7) is 6.93. The highest BCUT2D eigenvalue weighted by atomic mass is 16.5. The van der Waals surface area contributed by atoms with Crippen molar-refractivity contribution in [1.82, 2.24) is 4.90 Å². The molecule has 4 atom stereocenters. The predicted octanol–water partition coefficient (Wildman–Crippen LogP) is -0.0156. The van der Waals surface area contributed by atoms with Gasteiger partial charge in [0.1, 0.15) is 6.04 Å². The summed E-state index contributed by atoms with van der Waals surface area (Å²) in [5.41, 5.74) is 5.84. The Morgan fingerprint density at radius 1 is 1.44 bits per heavy atom. The monoisotopic (exact) mass is 230 g/mol. The molecule has 0 saturated carbocycles. The number of nitrogens with two attached hydrogens (primary N) is 1. The fraction of sp³-hybridized carbons (Fsp3) is 0.909. The molecule has 1 fully saturated rings. The van der Waals surface area contributed by atoms with E-state index in [9.17, 15) is 4.79 Å². The molecule has 1 saturated heterocycles. The normalized spacial score (nSPS) is 29.9. The van der Waals surface area contributed by atoms with Gasteiger partial charge in [0.25, 0.3) is 0 Å². The Balaban J connectivity index is 2.59. The van der Waals surface area contributed by atoms with Crippen LogP contribution in [0.15, 0.2) is 0 Å². The number of ether oxygens (including phenoxy) is 2. The molecular formula is C11H22N2O3. The van der Waals surface area contributed by atoms with E-state index in [2.05, 4.69) is 0 Å². The van der Waals surface area contributed by atoms with E-state index in [-0.39, 0.29) is 24.2 Å². The number of amides is 1. The first-order valence-electron chi connectivity index (χ1n) is 5.68. The zero-order valence-electron chi connectivity index (χ0n) is 10.5. The van der Waals surface area contributed by atoms with Crippen molar-refractivity contribution < 1.29 is 14.3 Å². The second-order valence-corrected chi connectivity index (χ2v) is 4.47. The topological polar surface area (TPSA) is 64.8 Å². The summed E-state index contributed by atoms with van der Waals surface area (Å²) in [5, 5.41) is 0. The van der Waals surface area contributed by atoms with Gasteiger partial charge in [-0.25, -0.2) is 0 Å². The molecule has 0 aromatic heterocycles. The highest BCUT2D eigenvalue weighted by molar-refractivity contribution is 5.82. The van der Waals surface area contributed by atoms with Crippen LogP contribution in [0.2, 0.25) is 0 Å². The summed E-state index contributed by atoms with van der Waals surface area (Å²) in [6.07, 6.45) is -0.128. The van der Waals surface area contributed by atoms with Crippen LogP contribution in [0.4, 0.5) is 0 Å². The summed E-state index contributed by atoms with van der Waals surface area (Å²) in [6, 6.07) is -0.595. The van der Waals surface area contributed by atoms with Crippen molar-refractivity contribution in [3.63, 3.8) is 0 Å². The second-order valence-electron chi connectivity index (χ2n) is 4.47. The molecule has 0 aliphatic carbocycles. The molecule has 0 radical (unpaired) electrons. The molecule has 0 spiro atoms. The molecule has 5 heteroatoms. The maximum atomic E-state index is 12.1. The van der Waals surface area contributed by atoms with Gasteiger partial charge in [-0.1, -0.05) is 0 Å². The maximum Gasteiger partial charge on any atom is 0.242 e. The smallest absolute Gasteiger partial charge is 0.242 e. The van der Waals surface area contributed by atoms with E-state index in [1.165, 1.54) is 0 Å². The van der Waals surface area contributed by atoms with Crippen molar-refractivity contribution >= 4 is 5.91 Å². The van der Waals surface area contributed by atoms with E-state index in [0.717, 1.165) is 0 Å². The van der Waals surface area contributed by atoms with E-state index < -0.39 is 6.04 Å². The fourth-order valence-corrected chi connectivity index (χ4v) is 1.92. The van der Waals surface area contributed by atoms with Crippen LogP contribution in [0.1, 0.15) is 20.8 Å². The average Bonchev–Trinajstić information content (AvgIpc) is 2.24. The minimum Gasteiger partial charge on any atom is -0.380 e. The zero-order chi connectivity index (χ0) is 12.3. The van der Waals surface area contributed by atoms with Gasteiger partial charge < -0.3 is 20.1 Å². The van der Waals surface area contributed by atoms with Crippen molar-refractivity contribution in [2.45, 2.75) is 45.1 Å². The van der Waals surface area contributed by atoms with Crippen molar-refractivity contribution in [3.8, 4) is 0 Å². The van der Waals surface area contributed by atoms with Crippen molar-refractivity contribution in [2.24, 2.45) is 5.73 Å². The van der Waals surface area contributed by atoms with E-state index in [1.807, 2.05) is 13.8 Å². The van der Waals surface area contributed by atoms with Crippen LogP contribution in [0.5, 0.6) is 0 Å². The highest BCUT2D eigenvalue weighted by Gasteiger charge is 2.31. The Bertz CT molecular complexity index is 237. The molecule has 1 rings (SSSR count). The molecule has 2 N–H and O–H groups in total. The predicted molar refractivity (Wildman–Crippen MR) is 61.0 cm³/mol. The first-order chi connectivity index (χ1) is 7.45. The summed E-state index contributed by atoms with van der Waals surface area (Å²) in [4.78, 5) is 13.8. The Morgan fingerprint density at radius 2 is 1.94 bits per heavy atom. The third-order valence-corrected chi connectivity index (χ3v) is 2.89. The summed E-state index contributed by atoms with van der Waals surface area (Å²) in [7, 11) is 1.56. The van der Waals surface area contributed by atoms with Gasteiger partial charge in [0.2, 0.25) is 5.91 Å². The minimum absolute atomic E-state index is 0.0589. The van der Waals surface area contributed by atoms with Crippen LogP contribution < -0.4 is 5.73 Å². The number of hydrogen-bond donors (Lipinski definition) is 1. The maximum absolute atomic E-state index is 12.1.